The van der Waals surface area contributed by atoms with Crippen molar-refractivity contribution in [3.63, 3.8) is 0 Å². The molecule has 1 fully saturated rings. The zero-order chi connectivity index (χ0) is 15.1. The second kappa shape index (κ2) is 4.75. The smallest absolute Gasteiger partial charge is 0.353 e. The van der Waals surface area contributed by atoms with Crippen LogP contribution in [0.25, 0.3) is 0 Å². The fraction of sp³-hybridized carbons (Fsp3) is 0.786. The third kappa shape index (κ3) is 2.07. The molecule has 1 aliphatic heterocycles. The Balaban J connectivity index is 2.35. The molecule has 0 aromatic rings. The molecular formula is C14H21NO5. The summed E-state index contributed by atoms with van der Waals surface area (Å²) in [6.45, 7) is 6.02. The summed E-state index contributed by atoms with van der Waals surface area (Å²) < 4.78 is 9.66. The lowest BCUT2D eigenvalue weighted by Gasteiger charge is -2.27. The van der Waals surface area contributed by atoms with Crippen LogP contribution in [-0.4, -0.2) is 37.5 Å². The molecule has 0 radical (unpaired) electrons. The van der Waals surface area contributed by atoms with Gasteiger partial charge in [0, 0.05) is 11.8 Å². The first-order valence-electron chi connectivity index (χ1n) is 6.69. The molecule has 2 aliphatic rings. The van der Waals surface area contributed by atoms with E-state index in [9.17, 15) is 9.59 Å². The van der Waals surface area contributed by atoms with E-state index in [1.54, 1.807) is 0 Å². The number of fused-ring (bicyclic) bond motifs is 1. The van der Waals surface area contributed by atoms with Crippen LogP contribution >= 0.6 is 0 Å². The zero-order valence-electron chi connectivity index (χ0n) is 12.6. The molecule has 0 aromatic heterocycles. The fourth-order valence-corrected chi connectivity index (χ4v) is 3.14. The number of hydrogen-bond donors (Lipinski definition) is 0. The predicted molar refractivity (Wildman–Crippen MR) is 71.0 cm³/mol. The minimum atomic E-state index is -1.17. The van der Waals surface area contributed by atoms with Crippen LogP contribution in [0.5, 0.6) is 0 Å². The molecule has 0 N–H and O–H groups in total. The monoisotopic (exact) mass is 283 g/mol. The summed E-state index contributed by atoms with van der Waals surface area (Å²) in [6, 6.07) is 0. The van der Waals surface area contributed by atoms with Crippen molar-refractivity contribution in [1.29, 1.82) is 0 Å². The maximum atomic E-state index is 12.2. The molecule has 0 spiro atoms. The SMILES string of the molecule is COC(=O)C1CC2C(C(C)(C)C)=NOC2(C(=O)OC)C1. The van der Waals surface area contributed by atoms with Crippen LogP contribution in [0.1, 0.15) is 33.6 Å². The van der Waals surface area contributed by atoms with E-state index in [4.69, 9.17) is 14.3 Å². The topological polar surface area (TPSA) is 74.2 Å². The predicted octanol–water partition coefficient (Wildman–Crippen LogP) is 1.53. The van der Waals surface area contributed by atoms with Crippen LogP contribution in [0, 0.1) is 17.3 Å². The molecule has 0 saturated heterocycles. The highest BCUT2D eigenvalue weighted by molar-refractivity contribution is 6.00. The lowest BCUT2D eigenvalue weighted by atomic mass is 9.76. The van der Waals surface area contributed by atoms with Crippen molar-refractivity contribution in [1.82, 2.24) is 0 Å². The number of nitrogens with zero attached hydrogens (tertiary/aromatic N) is 1. The molecule has 1 aliphatic carbocycles. The summed E-state index contributed by atoms with van der Waals surface area (Å²) in [5.74, 6) is -1.40. The second-order valence-electron chi connectivity index (χ2n) is 6.41. The van der Waals surface area contributed by atoms with Gasteiger partial charge in [-0.05, 0) is 6.42 Å². The molecule has 20 heavy (non-hydrogen) atoms. The third-order valence-corrected chi connectivity index (χ3v) is 4.10. The van der Waals surface area contributed by atoms with E-state index in [1.807, 2.05) is 20.8 Å². The van der Waals surface area contributed by atoms with E-state index in [2.05, 4.69) is 5.16 Å². The standard InChI is InChI=1S/C14H21NO5/c1-13(2,3)10-9-6-8(11(16)18-4)7-14(9,20-15-10)12(17)19-5/h8-9H,6-7H2,1-5H3. The van der Waals surface area contributed by atoms with Crippen molar-refractivity contribution in [2.24, 2.45) is 22.4 Å². The van der Waals surface area contributed by atoms with Crippen molar-refractivity contribution in [2.45, 2.75) is 39.2 Å². The minimum Gasteiger partial charge on any atom is -0.469 e. The molecule has 1 saturated carbocycles. The van der Waals surface area contributed by atoms with E-state index >= 15 is 0 Å². The van der Waals surface area contributed by atoms with E-state index in [0.29, 0.717) is 6.42 Å². The Morgan fingerprint density at radius 1 is 1.30 bits per heavy atom. The van der Waals surface area contributed by atoms with Crippen molar-refractivity contribution in [3.8, 4) is 0 Å². The maximum Gasteiger partial charge on any atom is 0.353 e. The molecule has 6 nitrogen and oxygen atoms in total. The molecule has 6 heteroatoms. The van der Waals surface area contributed by atoms with E-state index < -0.39 is 11.6 Å². The van der Waals surface area contributed by atoms with Crippen LogP contribution in [0.2, 0.25) is 0 Å². The Morgan fingerprint density at radius 3 is 2.45 bits per heavy atom. The lowest BCUT2D eigenvalue weighted by molar-refractivity contribution is -0.169. The first-order chi connectivity index (χ1) is 9.26. The third-order valence-electron chi connectivity index (χ3n) is 4.10. The number of oxime groups is 1. The maximum absolute atomic E-state index is 12.2. The van der Waals surface area contributed by atoms with E-state index in [0.717, 1.165) is 5.71 Å². The summed E-state index contributed by atoms with van der Waals surface area (Å²) >= 11 is 0. The van der Waals surface area contributed by atoms with Gasteiger partial charge in [0.05, 0.1) is 31.8 Å². The Morgan fingerprint density at radius 2 is 1.95 bits per heavy atom. The molecular weight excluding hydrogens is 262 g/mol. The summed E-state index contributed by atoms with van der Waals surface area (Å²) in [5.41, 5.74) is -0.601. The average molecular weight is 283 g/mol. The highest BCUT2D eigenvalue weighted by Gasteiger charge is 2.64. The van der Waals surface area contributed by atoms with Gasteiger partial charge in [-0.15, -0.1) is 0 Å². The minimum absolute atomic E-state index is 0.231. The van der Waals surface area contributed by atoms with Gasteiger partial charge in [-0.25, -0.2) is 4.79 Å². The Hall–Kier alpha value is -1.59. The number of methoxy groups -OCH3 is 2. The van der Waals surface area contributed by atoms with Crippen molar-refractivity contribution in [3.05, 3.63) is 0 Å². The van der Waals surface area contributed by atoms with Gasteiger partial charge in [-0.3, -0.25) is 4.79 Å². The number of carbonyl (C=O) groups excluding carboxylic acids is 2. The molecule has 3 atom stereocenters. The Labute approximate surface area is 118 Å². The van der Waals surface area contributed by atoms with Crippen molar-refractivity contribution >= 4 is 17.7 Å². The largest absolute Gasteiger partial charge is 0.469 e. The van der Waals surface area contributed by atoms with E-state index in [-0.39, 0.29) is 29.6 Å². The molecule has 2 rings (SSSR count). The first kappa shape index (κ1) is 14.8. The zero-order valence-corrected chi connectivity index (χ0v) is 12.6. The molecule has 112 valence electrons. The number of esters is 2. The van der Waals surface area contributed by atoms with E-state index in [1.165, 1.54) is 14.2 Å². The van der Waals surface area contributed by atoms with Gasteiger partial charge in [0.25, 0.3) is 0 Å². The number of carbonyl (C=O) groups is 2. The number of ether oxygens (including phenoxy) is 2. The quantitative estimate of drug-likeness (QED) is 0.718. The van der Waals surface area contributed by atoms with Crippen LogP contribution in [0.4, 0.5) is 0 Å². The highest BCUT2D eigenvalue weighted by Crippen LogP contribution is 2.50. The normalized spacial score (nSPS) is 32.1. The van der Waals surface area contributed by atoms with Crippen molar-refractivity contribution < 1.29 is 23.9 Å². The Kier molecular flexibility index (Phi) is 3.52. The molecule has 0 amide bonds. The molecule has 1 heterocycles. The van der Waals surface area contributed by atoms with Crippen LogP contribution in [-0.2, 0) is 23.9 Å². The number of hydrogen-bond acceptors (Lipinski definition) is 6. The summed E-state index contributed by atoms with van der Waals surface area (Å²) in [4.78, 5) is 29.4. The molecule has 0 bridgehead atoms. The lowest BCUT2D eigenvalue weighted by Crippen LogP contribution is -2.45. The van der Waals surface area contributed by atoms with Gasteiger partial charge in [0.2, 0.25) is 5.60 Å². The Bertz CT molecular complexity index is 465. The first-order valence-corrected chi connectivity index (χ1v) is 6.69. The van der Waals surface area contributed by atoms with Gasteiger partial charge in [0.15, 0.2) is 0 Å². The second-order valence-corrected chi connectivity index (χ2v) is 6.41. The van der Waals surface area contributed by atoms with Crippen LogP contribution in [0.15, 0.2) is 5.16 Å². The molecule has 3 unspecified atom stereocenters. The summed E-state index contributed by atoms with van der Waals surface area (Å²) in [6.07, 6.45) is 0.748. The molecule has 0 aromatic carbocycles. The summed E-state index contributed by atoms with van der Waals surface area (Å²) in [5, 5.41) is 4.12. The van der Waals surface area contributed by atoms with Gasteiger partial charge in [-0.2, -0.15) is 0 Å². The van der Waals surface area contributed by atoms with Gasteiger partial charge < -0.3 is 14.3 Å². The van der Waals surface area contributed by atoms with Crippen LogP contribution < -0.4 is 0 Å². The summed E-state index contributed by atoms with van der Waals surface area (Å²) in [7, 11) is 2.67. The number of rotatable bonds is 2. The van der Waals surface area contributed by atoms with Gasteiger partial charge in [-0.1, -0.05) is 25.9 Å². The average Bonchev–Trinajstić information content (AvgIpc) is 2.91. The van der Waals surface area contributed by atoms with Gasteiger partial charge >= 0.3 is 11.9 Å². The van der Waals surface area contributed by atoms with Gasteiger partial charge in [0.1, 0.15) is 0 Å². The fourth-order valence-electron chi connectivity index (χ4n) is 3.14. The van der Waals surface area contributed by atoms with Crippen molar-refractivity contribution in [2.75, 3.05) is 14.2 Å². The van der Waals surface area contributed by atoms with Crippen LogP contribution in [0.3, 0.4) is 0 Å². The highest BCUT2D eigenvalue weighted by atomic mass is 16.7.